The minimum atomic E-state index is 0.182. The molecule has 2 heteroatoms. The van der Waals surface area contributed by atoms with E-state index in [4.69, 9.17) is 11.6 Å². The summed E-state index contributed by atoms with van der Waals surface area (Å²) in [6.07, 6.45) is 7.02. The van der Waals surface area contributed by atoms with Crippen molar-refractivity contribution in [3.63, 3.8) is 0 Å². The number of nitrogens with one attached hydrogen (secondary N) is 1. The van der Waals surface area contributed by atoms with Crippen molar-refractivity contribution in [2.24, 2.45) is 5.41 Å². The van der Waals surface area contributed by atoms with Crippen LogP contribution in [0, 0.1) is 5.41 Å². The first kappa shape index (κ1) is 14.4. The van der Waals surface area contributed by atoms with Crippen molar-refractivity contribution in [3.05, 3.63) is 34.9 Å². The SMILES string of the molecule is CC(C)(C)NCC1(c2ccc(Cl)cc2)CC2(CCC2)C1. The summed E-state index contributed by atoms with van der Waals surface area (Å²) in [5.74, 6) is 0. The van der Waals surface area contributed by atoms with Gasteiger partial charge in [0, 0.05) is 22.5 Å². The van der Waals surface area contributed by atoms with Gasteiger partial charge in [-0.15, -0.1) is 0 Å². The number of halogens is 1. The van der Waals surface area contributed by atoms with E-state index in [1.54, 1.807) is 0 Å². The summed E-state index contributed by atoms with van der Waals surface area (Å²) < 4.78 is 0. The Balaban J connectivity index is 1.79. The van der Waals surface area contributed by atoms with Gasteiger partial charge in [-0.3, -0.25) is 0 Å². The van der Waals surface area contributed by atoms with Gasteiger partial charge >= 0.3 is 0 Å². The van der Waals surface area contributed by atoms with Crippen molar-refractivity contribution in [1.29, 1.82) is 0 Å². The molecule has 0 saturated heterocycles. The highest BCUT2D eigenvalue weighted by Crippen LogP contribution is 2.64. The molecule has 0 aliphatic heterocycles. The summed E-state index contributed by atoms with van der Waals surface area (Å²) in [5.41, 5.74) is 2.66. The molecule has 2 aliphatic carbocycles. The van der Waals surface area contributed by atoms with Crippen LogP contribution >= 0.6 is 11.6 Å². The Kier molecular flexibility index (Phi) is 3.42. The van der Waals surface area contributed by atoms with Crippen molar-refractivity contribution in [2.75, 3.05) is 6.54 Å². The van der Waals surface area contributed by atoms with Gasteiger partial charge in [0.2, 0.25) is 0 Å². The molecule has 1 nitrogen and oxygen atoms in total. The first-order valence-electron chi connectivity index (χ1n) is 7.84. The molecule has 20 heavy (non-hydrogen) atoms. The summed E-state index contributed by atoms with van der Waals surface area (Å²) in [7, 11) is 0. The van der Waals surface area contributed by atoms with E-state index in [9.17, 15) is 0 Å². The fourth-order valence-corrected chi connectivity index (χ4v) is 4.21. The maximum absolute atomic E-state index is 6.05. The van der Waals surface area contributed by atoms with Gasteiger partial charge < -0.3 is 5.32 Å². The van der Waals surface area contributed by atoms with Crippen LogP contribution in [0.2, 0.25) is 5.02 Å². The van der Waals surface area contributed by atoms with E-state index in [0.29, 0.717) is 10.8 Å². The molecule has 0 unspecified atom stereocenters. The molecule has 110 valence electrons. The predicted molar refractivity (Wildman–Crippen MR) is 86.4 cm³/mol. The molecule has 2 fully saturated rings. The lowest BCUT2D eigenvalue weighted by Crippen LogP contribution is -2.59. The largest absolute Gasteiger partial charge is 0.311 e. The average Bonchev–Trinajstić information content (AvgIpc) is 2.26. The van der Waals surface area contributed by atoms with Crippen molar-refractivity contribution in [1.82, 2.24) is 5.32 Å². The second-order valence-electron chi connectivity index (χ2n) is 8.10. The number of rotatable bonds is 3. The van der Waals surface area contributed by atoms with Crippen LogP contribution in [0.15, 0.2) is 24.3 Å². The van der Waals surface area contributed by atoms with Gasteiger partial charge in [0.05, 0.1) is 0 Å². The zero-order valence-electron chi connectivity index (χ0n) is 12.9. The molecule has 0 amide bonds. The Morgan fingerprint density at radius 2 is 1.70 bits per heavy atom. The Hall–Kier alpha value is -0.530. The van der Waals surface area contributed by atoms with E-state index in [1.165, 1.54) is 37.7 Å². The van der Waals surface area contributed by atoms with Crippen LogP contribution in [0.25, 0.3) is 0 Å². The van der Waals surface area contributed by atoms with Crippen molar-refractivity contribution in [2.45, 2.75) is 63.8 Å². The lowest BCUT2D eigenvalue weighted by Gasteiger charge is -2.62. The smallest absolute Gasteiger partial charge is 0.0406 e. The molecule has 1 aromatic carbocycles. The number of hydrogen-bond donors (Lipinski definition) is 1. The molecule has 1 N–H and O–H groups in total. The molecule has 3 rings (SSSR count). The Morgan fingerprint density at radius 1 is 1.10 bits per heavy atom. The lowest BCUT2D eigenvalue weighted by atomic mass is 9.43. The first-order valence-corrected chi connectivity index (χ1v) is 8.22. The van der Waals surface area contributed by atoms with E-state index >= 15 is 0 Å². The minimum Gasteiger partial charge on any atom is -0.311 e. The summed E-state index contributed by atoms with van der Waals surface area (Å²) in [4.78, 5) is 0. The minimum absolute atomic E-state index is 0.182. The van der Waals surface area contributed by atoms with Crippen LogP contribution in [0.3, 0.4) is 0 Å². The molecule has 1 aromatic rings. The van der Waals surface area contributed by atoms with Gasteiger partial charge in [-0.2, -0.15) is 0 Å². The van der Waals surface area contributed by atoms with Crippen molar-refractivity contribution < 1.29 is 0 Å². The Labute approximate surface area is 128 Å². The van der Waals surface area contributed by atoms with E-state index < -0.39 is 0 Å². The first-order chi connectivity index (χ1) is 9.33. The molecule has 0 atom stereocenters. The average molecular weight is 292 g/mol. The number of benzene rings is 1. The van der Waals surface area contributed by atoms with Crippen LogP contribution < -0.4 is 5.32 Å². The molecular weight excluding hydrogens is 266 g/mol. The fraction of sp³-hybridized carbons (Fsp3) is 0.667. The van der Waals surface area contributed by atoms with Crippen molar-refractivity contribution in [3.8, 4) is 0 Å². The van der Waals surface area contributed by atoms with Crippen LogP contribution in [0.5, 0.6) is 0 Å². The monoisotopic (exact) mass is 291 g/mol. The second kappa shape index (κ2) is 4.74. The highest BCUT2D eigenvalue weighted by molar-refractivity contribution is 6.30. The van der Waals surface area contributed by atoms with Crippen molar-refractivity contribution >= 4 is 11.6 Å². The molecule has 2 saturated carbocycles. The van der Waals surface area contributed by atoms with Crippen LogP contribution in [0.4, 0.5) is 0 Å². The van der Waals surface area contributed by atoms with Gasteiger partial charge in [-0.05, 0) is 69.6 Å². The molecule has 0 radical (unpaired) electrons. The van der Waals surface area contributed by atoms with E-state index in [0.717, 1.165) is 11.6 Å². The summed E-state index contributed by atoms with van der Waals surface area (Å²) in [6, 6.07) is 8.55. The van der Waals surface area contributed by atoms with E-state index in [1.807, 2.05) is 12.1 Å². The zero-order valence-corrected chi connectivity index (χ0v) is 13.7. The van der Waals surface area contributed by atoms with Gasteiger partial charge in [0.1, 0.15) is 0 Å². The molecule has 0 aromatic heterocycles. The zero-order chi connectivity index (χ0) is 14.4. The van der Waals surface area contributed by atoms with Crippen LogP contribution in [-0.4, -0.2) is 12.1 Å². The van der Waals surface area contributed by atoms with Gasteiger partial charge in [0.25, 0.3) is 0 Å². The second-order valence-corrected chi connectivity index (χ2v) is 8.53. The Bertz CT molecular complexity index is 471. The normalized spacial score (nSPS) is 23.2. The topological polar surface area (TPSA) is 12.0 Å². The molecule has 0 bridgehead atoms. The van der Waals surface area contributed by atoms with E-state index in [2.05, 4.69) is 38.2 Å². The maximum Gasteiger partial charge on any atom is 0.0406 e. The Morgan fingerprint density at radius 3 is 2.15 bits per heavy atom. The summed E-state index contributed by atoms with van der Waals surface area (Å²) >= 11 is 6.05. The third-order valence-electron chi connectivity index (χ3n) is 5.25. The highest BCUT2D eigenvalue weighted by Gasteiger charge is 2.57. The highest BCUT2D eigenvalue weighted by atomic mass is 35.5. The molecule has 2 aliphatic rings. The van der Waals surface area contributed by atoms with Crippen LogP contribution in [-0.2, 0) is 5.41 Å². The van der Waals surface area contributed by atoms with Crippen LogP contribution in [0.1, 0.15) is 58.4 Å². The summed E-state index contributed by atoms with van der Waals surface area (Å²) in [6.45, 7) is 7.83. The van der Waals surface area contributed by atoms with Gasteiger partial charge in [-0.25, -0.2) is 0 Å². The predicted octanol–water partition coefficient (Wildman–Crippen LogP) is 4.93. The lowest BCUT2D eigenvalue weighted by molar-refractivity contribution is -0.0503. The molecular formula is C18H26ClN. The van der Waals surface area contributed by atoms with Gasteiger partial charge in [-0.1, -0.05) is 30.2 Å². The molecule has 0 heterocycles. The number of hydrogen-bond acceptors (Lipinski definition) is 1. The fourth-order valence-electron chi connectivity index (χ4n) is 4.08. The third-order valence-corrected chi connectivity index (χ3v) is 5.51. The third kappa shape index (κ3) is 2.63. The quantitative estimate of drug-likeness (QED) is 0.832. The van der Waals surface area contributed by atoms with Gasteiger partial charge in [0.15, 0.2) is 0 Å². The maximum atomic E-state index is 6.05. The summed E-state index contributed by atoms with van der Waals surface area (Å²) in [5, 5.41) is 4.57. The standard InChI is InChI=1S/C18H26ClN/c1-16(2,3)20-13-18(11-17(12-18)9-4-10-17)14-5-7-15(19)8-6-14/h5-8,20H,4,9-13H2,1-3H3. The molecule has 1 spiro atoms. The van der Waals surface area contributed by atoms with E-state index in [-0.39, 0.29) is 5.54 Å².